The zero-order valence-corrected chi connectivity index (χ0v) is 10.2. The van der Waals surface area contributed by atoms with E-state index in [1.807, 2.05) is 0 Å². The smallest absolute Gasteiger partial charge is 0.182 e. The van der Waals surface area contributed by atoms with Gasteiger partial charge in [-0.1, -0.05) is 0 Å². The van der Waals surface area contributed by atoms with Gasteiger partial charge in [0, 0.05) is 18.3 Å². The third-order valence-corrected chi connectivity index (χ3v) is 2.70. The predicted octanol–water partition coefficient (Wildman–Crippen LogP) is 3.62. The Morgan fingerprint density at radius 3 is 2.65 bits per heavy atom. The molecular weight excluding hydrogens is 296 g/mol. The zero-order chi connectivity index (χ0) is 12.6. The van der Waals surface area contributed by atoms with Crippen LogP contribution in [0.15, 0.2) is 28.2 Å². The van der Waals surface area contributed by atoms with Gasteiger partial charge in [-0.05, 0) is 28.0 Å². The van der Waals surface area contributed by atoms with Gasteiger partial charge in [0.2, 0.25) is 0 Å². The number of halogens is 3. The van der Waals surface area contributed by atoms with E-state index in [-0.39, 0.29) is 5.69 Å². The van der Waals surface area contributed by atoms with Crippen LogP contribution in [-0.2, 0) is 0 Å². The molecule has 1 aromatic heterocycles. The van der Waals surface area contributed by atoms with Crippen LogP contribution in [0, 0.1) is 23.5 Å². The topological polar surface area (TPSA) is 47.2 Å². The molecule has 7 heteroatoms. The number of rotatable bonds is 2. The number of aryl methyl sites for hydroxylation is 1. The van der Waals surface area contributed by atoms with Crippen LogP contribution in [0.4, 0.5) is 14.5 Å². The lowest BCUT2D eigenvalue weighted by Gasteiger charge is -2.06. The monoisotopic (exact) mass is 301 g/mol. The van der Waals surface area contributed by atoms with Crippen LogP contribution in [0.3, 0.4) is 0 Å². The van der Waals surface area contributed by atoms with Gasteiger partial charge in [-0.3, -0.25) is 4.57 Å². The van der Waals surface area contributed by atoms with Crippen LogP contribution >= 0.6 is 15.9 Å². The first-order chi connectivity index (χ1) is 8.02. The van der Waals surface area contributed by atoms with Crippen molar-refractivity contribution >= 4 is 21.6 Å². The van der Waals surface area contributed by atoms with Crippen LogP contribution in [-0.4, -0.2) is 9.55 Å². The van der Waals surface area contributed by atoms with Gasteiger partial charge in [0.25, 0.3) is 0 Å². The summed E-state index contributed by atoms with van der Waals surface area (Å²) in [7, 11) is 0. The molecule has 0 saturated carbocycles. The molecule has 0 bridgehead atoms. The molecule has 0 unspecified atom stereocenters. The first kappa shape index (κ1) is 11.8. The molecule has 0 saturated heterocycles. The minimum atomic E-state index is -1.01. The van der Waals surface area contributed by atoms with Crippen molar-refractivity contribution in [3.8, 4) is 5.69 Å². The van der Waals surface area contributed by atoms with E-state index in [2.05, 4.69) is 26.1 Å². The summed E-state index contributed by atoms with van der Waals surface area (Å²) in [5, 5.41) is 2.58. The van der Waals surface area contributed by atoms with Crippen LogP contribution in [0.25, 0.3) is 5.69 Å². The summed E-state index contributed by atoms with van der Waals surface area (Å²) in [6, 6.07) is 1.63. The van der Waals surface area contributed by atoms with Crippen molar-refractivity contribution in [2.75, 3.05) is 0 Å². The summed E-state index contributed by atoms with van der Waals surface area (Å²) in [6.45, 7) is 1.71. The highest BCUT2D eigenvalue weighted by Gasteiger charge is 2.16. The van der Waals surface area contributed by atoms with E-state index in [4.69, 9.17) is 0 Å². The highest BCUT2D eigenvalue weighted by molar-refractivity contribution is 9.10. The standard InChI is InChI=1S/C10H6BrF2N3O/c1-5-4-16(10(11)14-5)8-3-6(12)2-7(13)9(8)15-17/h2-4H,1H3. The largest absolute Gasteiger partial charge is 0.292 e. The molecule has 0 atom stereocenters. The minimum Gasteiger partial charge on any atom is -0.292 e. The molecule has 2 rings (SSSR count). The third-order valence-electron chi connectivity index (χ3n) is 2.14. The average Bonchev–Trinajstić information content (AvgIpc) is 2.56. The molecule has 1 heterocycles. The first-order valence-corrected chi connectivity index (χ1v) is 5.36. The Labute approximate surface area is 103 Å². The van der Waals surface area contributed by atoms with Crippen LogP contribution < -0.4 is 0 Å². The Hall–Kier alpha value is -1.63. The van der Waals surface area contributed by atoms with Gasteiger partial charge in [0.1, 0.15) is 5.82 Å². The summed E-state index contributed by atoms with van der Waals surface area (Å²) in [4.78, 5) is 14.6. The number of nitrogens with zero attached hydrogens (tertiary/aromatic N) is 3. The maximum absolute atomic E-state index is 13.4. The van der Waals surface area contributed by atoms with Gasteiger partial charge in [-0.2, -0.15) is 0 Å². The Morgan fingerprint density at radius 2 is 2.12 bits per heavy atom. The number of aromatic nitrogens is 2. The lowest BCUT2D eigenvalue weighted by Crippen LogP contribution is -1.96. The van der Waals surface area contributed by atoms with E-state index >= 15 is 0 Å². The molecule has 0 fully saturated rings. The second-order valence-electron chi connectivity index (χ2n) is 3.37. The molecule has 0 N–H and O–H groups in total. The lowest BCUT2D eigenvalue weighted by atomic mass is 10.2. The van der Waals surface area contributed by atoms with Crippen LogP contribution in [0.2, 0.25) is 0 Å². The Balaban J connectivity index is 2.74. The van der Waals surface area contributed by atoms with Crippen LogP contribution in [0.1, 0.15) is 5.69 Å². The second kappa shape index (κ2) is 4.33. The van der Waals surface area contributed by atoms with Crippen molar-refractivity contribution in [3.05, 3.63) is 45.3 Å². The van der Waals surface area contributed by atoms with Crippen molar-refractivity contribution in [1.82, 2.24) is 9.55 Å². The molecule has 0 aliphatic carbocycles. The average molecular weight is 302 g/mol. The van der Waals surface area contributed by atoms with E-state index in [1.54, 1.807) is 6.92 Å². The van der Waals surface area contributed by atoms with E-state index in [9.17, 15) is 13.7 Å². The van der Waals surface area contributed by atoms with Crippen molar-refractivity contribution in [2.45, 2.75) is 6.92 Å². The maximum Gasteiger partial charge on any atom is 0.182 e. The number of hydrogen-bond acceptors (Lipinski definition) is 3. The van der Waals surface area contributed by atoms with Crippen molar-refractivity contribution in [2.24, 2.45) is 5.18 Å². The molecule has 0 aliphatic rings. The SMILES string of the molecule is Cc1cn(-c2cc(F)cc(F)c2N=O)c(Br)n1. The van der Waals surface area contributed by atoms with Gasteiger partial charge in [-0.15, -0.1) is 4.91 Å². The number of nitroso groups, excluding NO2 is 1. The van der Waals surface area contributed by atoms with Gasteiger partial charge in [-0.25, -0.2) is 13.8 Å². The molecule has 2 aromatic rings. The number of imidazole rings is 1. The maximum atomic E-state index is 13.4. The fourth-order valence-electron chi connectivity index (χ4n) is 1.46. The van der Waals surface area contributed by atoms with Crippen molar-refractivity contribution in [3.63, 3.8) is 0 Å². The quantitative estimate of drug-likeness (QED) is 0.795. The van der Waals surface area contributed by atoms with Gasteiger partial charge >= 0.3 is 0 Å². The molecule has 1 aromatic carbocycles. The molecule has 0 amide bonds. The first-order valence-electron chi connectivity index (χ1n) is 4.57. The van der Waals surface area contributed by atoms with Crippen LogP contribution in [0.5, 0.6) is 0 Å². The predicted molar refractivity (Wildman–Crippen MR) is 61.4 cm³/mol. The van der Waals surface area contributed by atoms with Gasteiger partial charge in [0.15, 0.2) is 16.2 Å². The van der Waals surface area contributed by atoms with E-state index in [1.165, 1.54) is 10.8 Å². The third kappa shape index (κ3) is 2.10. The van der Waals surface area contributed by atoms with E-state index in [0.29, 0.717) is 16.5 Å². The molecule has 0 spiro atoms. The highest BCUT2D eigenvalue weighted by Crippen LogP contribution is 2.30. The summed E-state index contributed by atoms with van der Waals surface area (Å²) >= 11 is 3.13. The second-order valence-corrected chi connectivity index (χ2v) is 4.08. The minimum absolute atomic E-state index is 0.00461. The lowest BCUT2D eigenvalue weighted by molar-refractivity contribution is 0.583. The molecular formula is C10H6BrF2N3O. The number of benzene rings is 1. The summed E-state index contributed by atoms with van der Waals surface area (Å²) in [6.07, 6.45) is 1.53. The van der Waals surface area contributed by atoms with Gasteiger partial charge < -0.3 is 0 Å². The Bertz CT molecular complexity index is 597. The van der Waals surface area contributed by atoms with Crippen molar-refractivity contribution < 1.29 is 8.78 Å². The summed E-state index contributed by atoms with van der Waals surface area (Å²) < 4.78 is 28.2. The summed E-state index contributed by atoms with van der Waals surface area (Å²) in [5.41, 5.74) is 0.188. The fraction of sp³-hybridized carbons (Fsp3) is 0.100. The van der Waals surface area contributed by atoms with E-state index < -0.39 is 17.3 Å². The normalized spacial score (nSPS) is 10.6. The fourth-order valence-corrected chi connectivity index (χ4v) is 2.04. The molecule has 0 aliphatic heterocycles. The number of hydrogen-bond donors (Lipinski definition) is 0. The van der Waals surface area contributed by atoms with E-state index in [0.717, 1.165) is 6.07 Å². The molecule has 17 heavy (non-hydrogen) atoms. The highest BCUT2D eigenvalue weighted by atomic mass is 79.9. The zero-order valence-electron chi connectivity index (χ0n) is 8.62. The molecule has 0 radical (unpaired) electrons. The summed E-state index contributed by atoms with van der Waals surface area (Å²) in [5.74, 6) is -1.79. The molecule has 88 valence electrons. The van der Waals surface area contributed by atoms with Gasteiger partial charge in [0.05, 0.1) is 11.4 Å². The molecule has 4 nitrogen and oxygen atoms in total. The Morgan fingerprint density at radius 1 is 1.41 bits per heavy atom. The van der Waals surface area contributed by atoms with Crippen molar-refractivity contribution in [1.29, 1.82) is 0 Å². The Kier molecular flexibility index (Phi) is 3.01.